The Kier molecular flexibility index (Phi) is 5.46. The molecule has 1 unspecified atom stereocenters. The molecule has 0 spiro atoms. The van der Waals surface area contributed by atoms with Crippen LogP contribution in [0.5, 0.6) is 5.75 Å². The number of benzene rings is 3. The highest BCUT2D eigenvalue weighted by Gasteiger charge is 2.14. The predicted molar refractivity (Wildman–Crippen MR) is 104 cm³/mol. The zero-order valence-electron chi connectivity index (χ0n) is 13.6. The lowest BCUT2D eigenvalue weighted by Crippen LogP contribution is -2.33. The molecule has 1 amide bonds. The molecule has 0 aromatic heterocycles. The summed E-state index contributed by atoms with van der Waals surface area (Å²) < 4.78 is 6.63. The molecule has 0 aliphatic rings. The van der Waals surface area contributed by atoms with Gasteiger partial charge in [0, 0.05) is 10.0 Å². The summed E-state index contributed by atoms with van der Waals surface area (Å²) in [5, 5.41) is 6.18. The lowest BCUT2D eigenvalue weighted by molar-refractivity contribution is -0.127. The molecule has 0 saturated heterocycles. The van der Waals surface area contributed by atoms with Gasteiger partial charge in [-0.05, 0) is 35.9 Å². The normalized spacial score (nSPS) is 12.2. The van der Waals surface area contributed by atoms with Gasteiger partial charge in [-0.15, -0.1) is 0 Å². The minimum atomic E-state index is -0.655. The molecule has 3 aromatic carbocycles. The van der Waals surface area contributed by atoms with Gasteiger partial charge in [-0.25, -0.2) is 5.43 Å². The van der Waals surface area contributed by atoms with E-state index in [9.17, 15) is 4.79 Å². The van der Waals surface area contributed by atoms with E-state index in [4.69, 9.17) is 4.74 Å². The molecule has 0 fully saturated rings. The number of hydrazone groups is 1. The Hall–Kier alpha value is -2.66. The Balaban J connectivity index is 1.61. The second-order valence-corrected chi connectivity index (χ2v) is 6.38. The molecule has 0 aliphatic carbocycles. The molecule has 25 heavy (non-hydrogen) atoms. The number of nitrogens with one attached hydrogen (secondary N) is 1. The van der Waals surface area contributed by atoms with Crippen LogP contribution in [0.25, 0.3) is 10.8 Å². The van der Waals surface area contributed by atoms with Gasteiger partial charge in [0.05, 0.1) is 6.21 Å². The number of carbonyl (C=O) groups is 1. The van der Waals surface area contributed by atoms with Crippen molar-refractivity contribution >= 4 is 38.8 Å². The average molecular weight is 397 g/mol. The monoisotopic (exact) mass is 396 g/mol. The molecule has 0 saturated carbocycles. The molecule has 0 heterocycles. The molecule has 126 valence electrons. The van der Waals surface area contributed by atoms with Crippen molar-refractivity contribution in [1.29, 1.82) is 0 Å². The van der Waals surface area contributed by atoms with Crippen molar-refractivity contribution in [2.24, 2.45) is 5.10 Å². The van der Waals surface area contributed by atoms with Crippen LogP contribution in [-0.2, 0) is 4.79 Å². The van der Waals surface area contributed by atoms with Gasteiger partial charge < -0.3 is 4.74 Å². The van der Waals surface area contributed by atoms with Gasteiger partial charge in [-0.3, -0.25) is 4.79 Å². The number of rotatable bonds is 5. The SMILES string of the molecule is CC(Oc1ccc2ccccc2c1)C(=O)NN=Cc1ccccc1Br. The van der Waals surface area contributed by atoms with Crippen molar-refractivity contribution in [2.45, 2.75) is 13.0 Å². The van der Waals surface area contributed by atoms with Crippen molar-refractivity contribution in [3.8, 4) is 5.75 Å². The van der Waals surface area contributed by atoms with Crippen LogP contribution in [0, 0.1) is 0 Å². The maximum absolute atomic E-state index is 12.1. The largest absolute Gasteiger partial charge is 0.481 e. The third-order valence-electron chi connectivity index (χ3n) is 3.69. The standard InChI is InChI=1S/C20H17BrN2O2/c1-14(20(24)23-22-13-17-8-4-5-9-19(17)21)25-18-11-10-15-6-2-3-7-16(15)12-18/h2-14H,1H3,(H,23,24). The molecule has 4 nitrogen and oxygen atoms in total. The Labute approximate surface area is 154 Å². The summed E-state index contributed by atoms with van der Waals surface area (Å²) in [7, 11) is 0. The highest BCUT2D eigenvalue weighted by Crippen LogP contribution is 2.21. The van der Waals surface area contributed by atoms with Crippen LogP contribution in [0.1, 0.15) is 12.5 Å². The summed E-state index contributed by atoms with van der Waals surface area (Å²) in [5.41, 5.74) is 3.38. The summed E-state index contributed by atoms with van der Waals surface area (Å²) in [4.78, 5) is 12.1. The van der Waals surface area contributed by atoms with Crippen molar-refractivity contribution in [1.82, 2.24) is 5.43 Å². The first-order valence-electron chi connectivity index (χ1n) is 7.86. The van der Waals surface area contributed by atoms with E-state index in [0.717, 1.165) is 20.8 Å². The maximum Gasteiger partial charge on any atom is 0.280 e. The highest BCUT2D eigenvalue weighted by molar-refractivity contribution is 9.10. The van der Waals surface area contributed by atoms with Crippen molar-refractivity contribution < 1.29 is 9.53 Å². The van der Waals surface area contributed by atoms with Crippen molar-refractivity contribution in [3.05, 3.63) is 76.8 Å². The molecular weight excluding hydrogens is 380 g/mol. The van der Waals surface area contributed by atoms with E-state index in [1.807, 2.05) is 66.7 Å². The van der Waals surface area contributed by atoms with Crippen LogP contribution in [0.15, 0.2) is 76.3 Å². The van der Waals surface area contributed by atoms with Gasteiger partial charge in [-0.2, -0.15) is 5.10 Å². The van der Waals surface area contributed by atoms with E-state index in [2.05, 4.69) is 26.5 Å². The topological polar surface area (TPSA) is 50.7 Å². The summed E-state index contributed by atoms with van der Waals surface area (Å²) >= 11 is 3.43. The maximum atomic E-state index is 12.1. The second kappa shape index (κ2) is 7.94. The molecular formula is C20H17BrN2O2. The van der Waals surface area contributed by atoms with Crippen LogP contribution in [0.2, 0.25) is 0 Å². The first-order valence-corrected chi connectivity index (χ1v) is 8.66. The van der Waals surface area contributed by atoms with E-state index < -0.39 is 6.10 Å². The number of amides is 1. The number of ether oxygens (including phenoxy) is 1. The summed E-state index contributed by atoms with van der Waals surface area (Å²) in [5.74, 6) is 0.340. The Morgan fingerprint density at radius 3 is 2.60 bits per heavy atom. The smallest absolute Gasteiger partial charge is 0.280 e. The van der Waals surface area contributed by atoms with Crippen molar-refractivity contribution in [3.63, 3.8) is 0 Å². The van der Waals surface area contributed by atoms with Gasteiger partial charge in [0.25, 0.3) is 5.91 Å². The number of nitrogens with zero attached hydrogens (tertiary/aromatic N) is 1. The first kappa shape index (κ1) is 17.2. The Morgan fingerprint density at radius 1 is 1.08 bits per heavy atom. The number of hydrogen-bond donors (Lipinski definition) is 1. The number of hydrogen-bond acceptors (Lipinski definition) is 3. The molecule has 0 radical (unpaired) electrons. The fraction of sp³-hybridized carbons (Fsp3) is 0.100. The third kappa shape index (κ3) is 4.45. The Bertz CT molecular complexity index is 924. The van der Waals surface area contributed by atoms with Gasteiger partial charge in [0.1, 0.15) is 5.75 Å². The quantitative estimate of drug-likeness (QED) is 0.509. The van der Waals surface area contributed by atoms with E-state index >= 15 is 0 Å². The lowest BCUT2D eigenvalue weighted by Gasteiger charge is -2.13. The minimum absolute atomic E-state index is 0.309. The molecule has 3 aromatic rings. The summed E-state index contributed by atoms with van der Waals surface area (Å²) in [6.07, 6.45) is 0.933. The summed E-state index contributed by atoms with van der Waals surface area (Å²) in [6.45, 7) is 1.69. The lowest BCUT2D eigenvalue weighted by atomic mass is 10.1. The van der Waals surface area contributed by atoms with Crippen LogP contribution in [0.4, 0.5) is 0 Å². The number of halogens is 1. The van der Waals surface area contributed by atoms with Gasteiger partial charge in [0.2, 0.25) is 0 Å². The molecule has 3 rings (SSSR count). The first-order chi connectivity index (χ1) is 12.1. The highest BCUT2D eigenvalue weighted by atomic mass is 79.9. The van der Waals surface area contributed by atoms with E-state index in [0.29, 0.717) is 5.75 Å². The van der Waals surface area contributed by atoms with Crippen molar-refractivity contribution in [2.75, 3.05) is 0 Å². The van der Waals surface area contributed by atoms with Gasteiger partial charge in [0.15, 0.2) is 6.10 Å². The molecule has 1 atom stereocenters. The van der Waals surface area contributed by atoms with Gasteiger partial charge in [-0.1, -0.05) is 64.5 Å². The molecule has 5 heteroatoms. The fourth-order valence-electron chi connectivity index (χ4n) is 2.33. The average Bonchev–Trinajstić information content (AvgIpc) is 2.63. The number of carbonyl (C=O) groups excluding carboxylic acids is 1. The predicted octanol–water partition coefficient (Wildman–Crippen LogP) is 4.52. The van der Waals surface area contributed by atoms with Crippen LogP contribution in [0.3, 0.4) is 0 Å². The fourth-order valence-corrected chi connectivity index (χ4v) is 2.72. The zero-order valence-corrected chi connectivity index (χ0v) is 15.2. The van der Waals surface area contributed by atoms with Crippen LogP contribution < -0.4 is 10.2 Å². The third-order valence-corrected chi connectivity index (χ3v) is 4.41. The number of fused-ring (bicyclic) bond motifs is 1. The molecule has 1 N–H and O–H groups in total. The van der Waals surface area contributed by atoms with E-state index in [1.54, 1.807) is 13.1 Å². The Morgan fingerprint density at radius 2 is 1.80 bits per heavy atom. The summed E-state index contributed by atoms with van der Waals surface area (Å²) in [6, 6.07) is 21.4. The van der Waals surface area contributed by atoms with Crippen LogP contribution in [-0.4, -0.2) is 18.2 Å². The second-order valence-electron chi connectivity index (χ2n) is 5.52. The van der Waals surface area contributed by atoms with E-state index in [-0.39, 0.29) is 5.91 Å². The molecule has 0 aliphatic heterocycles. The zero-order chi connectivity index (χ0) is 17.6. The van der Waals surface area contributed by atoms with Gasteiger partial charge >= 0.3 is 0 Å². The molecule has 0 bridgehead atoms. The van der Waals surface area contributed by atoms with Crippen LogP contribution >= 0.6 is 15.9 Å². The van der Waals surface area contributed by atoms with E-state index in [1.165, 1.54) is 0 Å². The minimum Gasteiger partial charge on any atom is -0.481 e.